The number of nitrogens with one attached hydrogen (secondary N) is 1. The number of ether oxygens (including phenoxy) is 1. The molecule has 1 saturated carbocycles. The van der Waals surface area contributed by atoms with Crippen molar-refractivity contribution in [1.29, 1.82) is 0 Å². The van der Waals surface area contributed by atoms with Crippen LogP contribution in [0, 0.1) is 12.7 Å². The second-order valence-electron chi connectivity index (χ2n) is 10.5. The highest BCUT2D eigenvalue weighted by molar-refractivity contribution is 7.15. The second-order valence-corrected chi connectivity index (χ2v) is 11.6. The Morgan fingerprint density at radius 2 is 1.97 bits per heavy atom. The molecule has 2 fully saturated rings. The molecule has 4 aromatic rings. The monoisotopic (exact) mass is 546 g/mol. The molecule has 2 aromatic heterocycles. The number of benzene rings is 2. The zero-order chi connectivity index (χ0) is 27.1. The van der Waals surface area contributed by atoms with Crippen molar-refractivity contribution in [3.8, 4) is 16.3 Å². The van der Waals surface area contributed by atoms with Gasteiger partial charge in [0, 0.05) is 43.5 Å². The van der Waals surface area contributed by atoms with Gasteiger partial charge >= 0.3 is 6.09 Å². The maximum absolute atomic E-state index is 13.9. The summed E-state index contributed by atoms with van der Waals surface area (Å²) in [5.41, 5.74) is 3.45. The van der Waals surface area contributed by atoms with Crippen LogP contribution in [0.4, 0.5) is 9.18 Å². The third-order valence-corrected chi connectivity index (χ3v) is 8.85. The van der Waals surface area contributed by atoms with Crippen LogP contribution >= 0.6 is 11.3 Å². The lowest BCUT2D eigenvalue weighted by Gasteiger charge is -2.35. The van der Waals surface area contributed by atoms with Crippen LogP contribution in [0.15, 0.2) is 48.5 Å². The van der Waals surface area contributed by atoms with Crippen molar-refractivity contribution < 1.29 is 18.7 Å². The van der Waals surface area contributed by atoms with Crippen LogP contribution in [-0.4, -0.2) is 45.6 Å². The minimum absolute atomic E-state index is 0.0785. The molecule has 2 aliphatic rings. The summed E-state index contributed by atoms with van der Waals surface area (Å²) in [4.78, 5) is 34.3. The molecule has 0 unspecified atom stereocenters. The summed E-state index contributed by atoms with van der Waals surface area (Å²) in [6.45, 7) is 2.96. The quantitative estimate of drug-likeness (QED) is 0.303. The molecule has 9 heteroatoms. The first-order valence-electron chi connectivity index (χ1n) is 13.5. The molecule has 1 saturated heterocycles. The first-order valence-corrected chi connectivity index (χ1v) is 14.3. The van der Waals surface area contributed by atoms with Crippen molar-refractivity contribution in [2.45, 2.75) is 51.0 Å². The molecule has 3 heterocycles. The molecular weight excluding hydrogens is 515 g/mol. The number of rotatable bonds is 6. The third kappa shape index (κ3) is 5.28. The fraction of sp³-hybridized carbons (Fsp3) is 0.367. The fourth-order valence-electron chi connectivity index (χ4n) is 5.31. The Morgan fingerprint density at radius 3 is 2.77 bits per heavy atom. The molecule has 202 valence electrons. The van der Waals surface area contributed by atoms with E-state index in [9.17, 15) is 14.0 Å². The van der Waals surface area contributed by atoms with Gasteiger partial charge in [0.1, 0.15) is 11.5 Å². The summed E-state index contributed by atoms with van der Waals surface area (Å²) in [6, 6.07) is 14.1. The Bertz CT molecular complexity index is 1560. The lowest BCUT2D eigenvalue weighted by Crippen LogP contribution is -2.50. The summed E-state index contributed by atoms with van der Waals surface area (Å²) in [6.07, 6.45) is 4.33. The molecule has 39 heavy (non-hydrogen) atoms. The molecule has 0 radical (unpaired) electrons. The van der Waals surface area contributed by atoms with Gasteiger partial charge in [-0.05, 0) is 62.8 Å². The standard InChI is InChI=1S/C30H31FN4O3S/c1-18-6-5-7-20(14-18)27-26(33-28(39-27)19-9-10-19)29(36)35-13-4-3-8-23(35)17-32-30(37)38-25-16-21-15-22(31)11-12-24(21)34(25)2/h5-7,11-12,14-16,19,23H,3-4,8-10,13,17H2,1-2H3,(H,32,37)/t23-/m0/s1. The van der Waals surface area contributed by atoms with Gasteiger partial charge in [-0.15, -0.1) is 11.3 Å². The van der Waals surface area contributed by atoms with E-state index in [0.29, 0.717) is 29.4 Å². The number of carbonyl (C=O) groups excluding carboxylic acids is 2. The molecule has 1 N–H and O–H groups in total. The number of amides is 2. The first-order chi connectivity index (χ1) is 18.9. The maximum atomic E-state index is 13.9. The van der Waals surface area contributed by atoms with Gasteiger partial charge in [-0.2, -0.15) is 0 Å². The second kappa shape index (κ2) is 10.4. The Hall–Kier alpha value is -3.72. The van der Waals surface area contributed by atoms with E-state index in [-0.39, 0.29) is 24.3 Å². The van der Waals surface area contributed by atoms with Gasteiger partial charge in [-0.1, -0.05) is 29.8 Å². The van der Waals surface area contributed by atoms with Gasteiger partial charge in [0.25, 0.3) is 5.91 Å². The fourth-order valence-corrected chi connectivity index (χ4v) is 6.53. The SMILES string of the molecule is Cc1cccc(-c2sc(C3CC3)nc2C(=O)N2CCCC[C@H]2CNC(=O)Oc2cc3cc(F)ccc3n2C)c1. The number of nitrogens with zero attached hydrogens (tertiary/aromatic N) is 3. The van der Waals surface area contributed by atoms with E-state index in [1.165, 1.54) is 12.1 Å². The third-order valence-electron chi connectivity index (χ3n) is 7.58. The highest BCUT2D eigenvalue weighted by Crippen LogP contribution is 2.45. The maximum Gasteiger partial charge on any atom is 0.413 e. The predicted octanol–water partition coefficient (Wildman–Crippen LogP) is 6.41. The molecule has 2 aromatic carbocycles. The van der Waals surface area contributed by atoms with Crippen molar-refractivity contribution in [2.24, 2.45) is 7.05 Å². The first kappa shape index (κ1) is 25.6. The number of carbonyl (C=O) groups is 2. The number of fused-ring (bicyclic) bond motifs is 1. The molecule has 1 aliphatic heterocycles. The van der Waals surface area contributed by atoms with Crippen LogP contribution in [0.5, 0.6) is 5.88 Å². The molecular formula is C30H31FN4O3S. The number of hydrogen-bond acceptors (Lipinski definition) is 5. The topological polar surface area (TPSA) is 76.5 Å². The van der Waals surface area contributed by atoms with E-state index in [0.717, 1.165) is 58.6 Å². The van der Waals surface area contributed by atoms with E-state index in [1.54, 1.807) is 35.1 Å². The number of halogens is 1. The highest BCUT2D eigenvalue weighted by Gasteiger charge is 2.34. The molecule has 6 rings (SSSR count). The Balaban J connectivity index is 1.18. The minimum atomic E-state index is -0.607. The van der Waals surface area contributed by atoms with Crippen molar-refractivity contribution in [3.05, 3.63) is 70.6 Å². The van der Waals surface area contributed by atoms with Crippen LogP contribution in [0.2, 0.25) is 0 Å². The summed E-state index contributed by atoms with van der Waals surface area (Å²) in [7, 11) is 1.76. The molecule has 0 bridgehead atoms. The summed E-state index contributed by atoms with van der Waals surface area (Å²) < 4.78 is 20.9. The number of likely N-dealkylation sites (tertiary alicyclic amines) is 1. The lowest BCUT2D eigenvalue weighted by molar-refractivity contribution is 0.0606. The Labute approximate surface area is 230 Å². The van der Waals surface area contributed by atoms with Crippen LogP contribution in [0.1, 0.15) is 59.1 Å². The molecule has 1 aliphatic carbocycles. The smallest absolute Gasteiger partial charge is 0.393 e. The Morgan fingerprint density at radius 1 is 1.13 bits per heavy atom. The Kier molecular flexibility index (Phi) is 6.85. The van der Waals surface area contributed by atoms with Crippen molar-refractivity contribution in [1.82, 2.24) is 19.8 Å². The lowest BCUT2D eigenvalue weighted by atomic mass is 10.0. The van der Waals surface area contributed by atoms with Crippen molar-refractivity contribution in [3.63, 3.8) is 0 Å². The molecule has 1 atom stereocenters. The zero-order valence-corrected chi connectivity index (χ0v) is 22.9. The van der Waals surface area contributed by atoms with Gasteiger partial charge in [0.05, 0.1) is 15.4 Å². The van der Waals surface area contributed by atoms with E-state index in [1.807, 2.05) is 17.0 Å². The minimum Gasteiger partial charge on any atom is -0.393 e. The van der Waals surface area contributed by atoms with E-state index >= 15 is 0 Å². The molecule has 0 spiro atoms. The average molecular weight is 547 g/mol. The van der Waals surface area contributed by atoms with E-state index in [4.69, 9.17) is 9.72 Å². The zero-order valence-electron chi connectivity index (χ0n) is 22.1. The largest absolute Gasteiger partial charge is 0.413 e. The number of piperidine rings is 1. The number of aromatic nitrogens is 2. The van der Waals surface area contributed by atoms with Crippen molar-refractivity contribution >= 4 is 34.2 Å². The van der Waals surface area contributed by atoms with Gasteiger partial charge < -0.3 is 19.5 Å². The summed E-state index contributed by atoms with van der Waals surface area (Å²) >= 11 is 1.63. The highest BCUT2D eigenvalue weighted by atomic mass is 32.1. The number of hydrogen-bond donors (Lipinski definition) is 1. The molecule has 2 amide bonds. The predicted molar refractivity (Wildman–Crippen MR) is 150 cm³/mol. The van der Waals surface area contributed by atoms with Gasteiger partial charge in [0.2, 0.25) is 5.88 Å². The van der Waals surface area contributed by atoms with Crippen LogP contribution in [0.3, 0.4) is 0 Å². The normalized spacial score (nSPS) is 17.4. The average Bonchev–Trinajstić information content (AvgIpc) is 3.61. The van der Waals surface area contributed by atoms with E-state index in [2.05, 4.69) is 24.4 Å². The van der Waals surface area contributed by atoms with Crippen LogP contribution in [0.25, 0.3) is 21.3 Å². The number of thiazole rings is 1. The van der Waals surface area contributed by atoms with Gasteiger partial charge in [-0.25, -0.2) is 14.2 Å². The molecule has 7 nitrogen and oxygen atoms in total. The van der Waals surface area contributed by atoms with E-state index < -0.39 is 6.09 Å². The van der Waals surface area contributed by atoms with Gasteiger partial charge in [-0.3, -0.25) is 4.79 Å². The van der Waals surface area contributed by atoms with Gasteiger partial charge in [0.15, 0.2) is 0 Å². The van der Waals surface area contributed by atoms with Crippen LogP contribution < -0.4 is 10.1 Å². The summed E-state index contributed by atoms with van der Waals surface area (Å²) in [5.74, 6) is 0.355. The van der Waals surface area contributed by atoms with Crippen molar-refractivity contribution in [2.75, 3.05) is 13.1 Å². The van der Waals surface area contributed by atoms with Crippen LogP contribution in [-0.2, 0) is 7.05 Å². The summed E-state index contributed by atoms with van der Waals surface area (Å²) in [5, 5.41) is 4.54. The number of aryl methyl sites for hydroxylation is 2.